The first kappa shape index (κ1) is 18.3. The Labute approximate surface area is 169 Å². The zero-order valence-electron chi connectivity index (χ0n) is 15.9. The Balaban J connectivity index is 1.76. The fraction of sp³-hybridized carbons (Fsp3) is 0.130. The van der Waals surface area contributed by atoms with Crippen molar-refractivity contribution in [2.75, 3.05) is 7.11 Å². The van der Waals surface area contributed by atoms with Crippen molar-refractivity contribution in [2.45, 2.75) is 17.8 Å². The molecule has 0 aliphatic carbocycles. The Bertz CT molecular complexity index is 1060. The second-order valence-electron chi connectivity index (χ2n) is 6.43. The first-order valence-electron chi connectivity index (χ1n) is 9.09. The number of thioether (sulfide) groups is 1. The van der Waals surface area contributed by atoms with Crippen molar-refractivity contribution < 1.29 is 4.74 Å². The average Bonchev–Trinajstić information content (AvgIpc) is 3.17. The molecule has 0 N–H and O–H groups in total. The molecule has 4 aromatic rings. The van der Waals surface area contributed by atoms with E-state index in [0.29, 0.717) is 0 Å². The standard InChI is InChI=1S/C23H21N3OS/c1-17-8-6-7-11-21(17)22-24-25-23(28-16-18-9-4-3-5-10-18)26(22)19-12-14-20(27-2)15-13-19/h3-15H,16H2,1-2H3. The van der Waals surface area contributed by atoms with Gasteiger partial charge in [0.15, 0.2) is 11.0 Å². The quantitative estimate of drug-likeness (QED) is 0.407. The van der Waals surface area contributed by atoms with Gasteiger partial charge in [-0.2, -0.15) is 0 Å². The maximum Gasteiger partial charge on any atom is 0.196 e. The van der Waals surface area contributed by atoms with Crippen LogP contribution in [-0.4, -0.2) is 21.9 Å². The molecular weight excluding hydrogens is 366 g/mol. The van der Waals surface area contributed by atoms with E-state index in [1.807, 2.05) is 42.5 Å². The first-order chi connectivity index (χ1) is 13.8. The zero-order valence-corrected chi connectivity index (χ0v) is 16.7. The molecule has 0 bridgehead atoms. The molecule has 28 heavy (non-hydrogen) atoms. The molecule has 0 saturated carbocycles. The number of aryl methyl sites for hydroxylation is 1. The summed E-state index contributed by atoms with van der Waals surface area (Å²) in [4.78, 5) is 0. The third kappa shape index (κ3) is 3.80. The lowest BCUT2D eigenvalue weighted by Gasteiger charge is -2.12. The van der Waals surface area contributed by atoms with Gasteiger partial charge in [0.25, 0.3) is 0 Å². The van der Waals surface area contributed by atoms with Crippen LogP contribution in [0, 0.1) is 6.92 Å². The minimum absolute atomic E-state index is 0.827. The monoisotopic (exact) mass is 387 g/mol. The molecule has 0 spiro atoms. The Kier molecular flexibility index (Phi) is 5.44. The van der Waals surface area contributed by atoms with Crippen molar-refractivity contribution in [2.24, 2.45) is 0 Å². The summed E-state index contributed by atoms with van der Waals surface area (Å²) in [6, 6.07) is 26.7. The molecule has 0 saturated heterocycles. The summed E-state index contributed by atoms with van der Waals surface area (Å²) in [5, 5.41) is 9.92. The van der Waals surface area contributed by atoms with Gasteiger partial charge in [0.05, 0.1) is 7.11 Å². The lowest BCUT2D eigenvalue weighted by atomic mass is 10.1. The van der Waals surface area contributed by atoms with Crippen LogP contribution in [0.4, 0.5) is 0 Å². The summed E-state index contributed by atoms with van der Waals surface area (Å²) >= 11 is 1.68. The molecule has 0 unspecified atom stereocenters. The predicted molar refractivity (Wildman–Crippen MR) is 114 cm³/mol. The molecule has 5 heteroatoms. The van der Waals surface area contributed by atoms with Crippen molar-refractivity contribution in [3.05, 3.63) is 90.0 Å². The average molecular weight is 388 g/mol. The number of methoxy groups -OCH3 is 1. The lowest BCUT2D eigenvalue weighted by Crippen LogP contribution is -2.01. The summed E-state index contributed by atoms with van der Waals surface area (Å²) < 4.78 is 7.43. The van der Waals surface area contributed by atoms with Crippen molar-refractivity contribution in [3.8, 4) is 22.8 Å². The van der Waals surface area contributed by atoms with Crippen molar-refractivity contribution in [1.82, 2.24) is 14.8 Å². The van der Waals surface area contributed by atoms with E-state index in [4.69, 9.17) is 4.74 Å². The van der Waals surface area contributed by atoms with Gasteiger partial charge in [-0.3, -0.25) is 4.57 Å². The zero-order chi connectivity index (χ0) is 19.3. The molecule has 4 nitrogen and oxygen atoms in total. The SMILES string of the molecule is COc1ccc(-n2c(SCc3ccccc3)nnc2-c2ccccc2C)cc1. The van der Waals surface area contributed by atoms with Crippen LogP contribution in [0.25, 0.3) is 17.1 Å². The highest BCUT2D eigenvalue weighted by atomic mass is 32.2. The van der Waals surface area contributed by atoms with Crippen LogP contribution < -0.4 is 4.74 Å². The number of benzene rings is 3. The fourth-order valence-electron chi connectivity index (χ4n) is 3.05. The fourth-order valence-corrected chi connectivity index (χ4v) is 3.96. The third-order valence-electron chi connectivity index (χ3n) is 4.56. The Morgan fingerprint density at radius 3 is 2.29 bits per heavy atom. The minimum atomic E-state index is 0.827. The molecule has 0 fully saturated rings. The van der Waals surface area contributed by atoms with E-state index in [9.17, 15) is 0 Å². The van der Waals surface area contributed by atoms with Crippen LogP contribution in [0.2, 0.25) is 0 Å². The number of hydrogen-bond acceptors (Lipinski definition) is 4. The summed E-state index contributed by atoms with van der Waals surface area (Å²) in [6.45, 7) is 2.10. The van der Waals surface area contributed by atoms with Gasteiger partial charge < -0.3 is 4.74 Å². The van der Waals surface area contributed by atoms with Crippen molar-refractivity contribution in [1.29, 1.82) is 0 Å². The molecule has 1 heterocycles. The number of nitrogens with zero attached hydrogens (tertiary/aromatic N) is 3. The highest BCUT2D eigenvalue weighted by Crippen LogP contribution is 2.31. The minimum Gasteiger partial charge on any atom is -0.497 e. The molecule has 0 atom stereocenters. The predicted octanol–water partition coefficient (Wildman–Crippen LogP) is 5.54. The third-order valence-corrected chi connectivity index (χ3v) is 5.56. The largest absolute Gasteiger partial charge is 0.497 e. The van der Waals surface area contributed by atoms with Crippen LogP contribution in [-0.2, 0) is 5.75 Å². The van der Waals surface area contributed by atoms with Gasteiger partial charge in [-0.25, -0.2) is 0 Å². The van der Waals surface area contributed by atoms with Gasteiger partial charge >= 0.3 is 0 Å². The number of ether oxygens (including phenoxy) is 1. The van der Waals surface area contributed by atoms with Gasteiger partial charge in [0, 0.05) is 17.0 Å². The number of aromatic nitrogens is 3. The molecule has 0 radical (unpaired) electrons. The van der Waals surface area contributed by atoms with Crippen LogP contribution in [0.15, 0.2) is 84.0 Å². The van der Waals surface area contributed by atoms with E-state index in [2.05, 4.69) is 58.1 Å². The van der Waals surface area contributed by atoms with E-state index in [1.165, 1.54) is 11.1 Å². The van der Waals surface area contributed by atoms with Gasteiger partial charge in [0.2, 0.25) is 0 Å². The number of hydrogen-bond donors (Lipinski definition) is 0. The lowest BCUT2D eigenvalue weighted by molar-refractivity contribution is 0.414. The maximum absolute atomic E-state index is 5.31. The smallest absolute Gasteiger partial charge is 0.196 e. The first-order valence-corrected chi connectivity index (χ1v) is 10.1. The molecule has 3 aromatic carbocycles. The second kappa shape index (κ2) is 8.31. The molecular formula is C23H21N3OS. The Morgan fingerprint density at radius 2 is 1.57 bits per heavy atom. The summed E-state index contributed by atoms with van der Waals surface area (Å²) in [7, 11) is 1.67. The summed E-state index contributed by atoms with van der Waals surface area (Å²) in [5.41, 5.74) is 4.52. The summed E-state index contributed by atoms with van der Waals surface area (Å²) in [5.74, 6) is 2.51. The van der Waals surface area contributed by atoms with Gasteiger partial charge in [-0.05, 0) is 42.3 Å². The van der Waals surface area contributed by atoms with Crippen LogP contribution in [0.3, 0.4) is 0 Å². The van der Waals surface area contributed by atoms with E-state index >= 15 is 0 Å². The summed E-state index contributed by atoms with van der Waals surface area (Å²) in [6.07, 6.45) is 0. The van der Waals surface area contributed by atoms with Gasteiger partial charge in [-0.1, -0.05) is 66.4 Å². The normalized spacial score (nSPS) is 10.8. The van der Waals surface area contributed by atoms with Gasteiger partial charge in [-0.15, -0.1) is 10.2 Å². The number of rotatable bonds is 6. The molecule has 0 aliphatic rings. The van der Waals surface area contributed by atoms with Crippen LogP contribution >= 0.6 is 11.8 Å². The molecule has 1 aromatic heterocycles. The van der Waals surface area contributed by atoms with Gasteiger partial charge in [0.1, 0.15) is 5.75 Å². The van der Waals surface area contributed by atoms with Crippen LogP contribution in [0.1, 0.15) is 11.1 Å². The molecule has 0 aliphatic heterocycles. The Morgan fingerprint density at radius 1 is 0.857 bits per heavy atom. The van der Waals surface area contributed by atoms with Crippen molar-refractivity contribution >= 4 is 11.8 Å². The van der Waals surface area contributed by atoms with E-state index in [0.717, 1.165) is 33.7 Å². The highest BCUT2D eigenvalue weighted by Gasteiger charge is 2.17. The highest BCUT2D eigenvalue weighted by molar-refractivity contribution is 7.98. The molecule has 4 rings (SSSR count). The molecule has 0 amide bonds. The van der Waals surface area contributed by atoms with Crippen LogP contribution in [0.5, 0.6) is 5.75 Å². The van der Waals surface area contributed by atoms with E-state index in [1.54, 1.807) is 18.9 Å². The molecule has 140 valence electrons. The topological polar surface area (TPSA) is 39.9 Å². The van der Waals surface area contributed by atoms with Crippen molar-refractivity contribution in [3.63, 3.8) is 0 Å². The van der Waals surface area contributed by atoms with E-state index in [-0.39, 0.29) is 0 Å². The van der Waals surface area contributed by atoms with E-state index < -0.39 is 0 Å². The second-order valence-corrected chi connectivity index (χ2v) is 7.37. The Hall–Kier alpha value is -3.05. The maximum atomic E-state index is 5.31.